The summed E-state index contributed by atoms with van der Waals surface area (Å²) in [5.74, 6) is 0.891. The van der Waals surface area contributed by atoms with Gasteiger partial charge in [0.15, 0.2) is 0 Å². The highest BCUT2D eigenvalue weighted by Crippen LogP contribution is 2.00. The number of allylic oxidation sites excluding steroid dienone is 1. The van der Waals surface area contributed by atoms with Crippen molar-refractivity contribution in [1.82, 2.24) is 0 Å². The molecule has 2 heteroatoms. The molecule has 0 heterocycles. The zero-order chi connectivity index (χ0) is 7.28. The van der Waals surface area contributed by atoms with Crippen LogP contribution in [-0.2, 0) is 4.79 Å². The third kappa shape index (κ3) is 5.63. The van der Waals surface area contributed by atoms with Gasteiger partial charge in [0.2, 0.25) is 0 Å². The van der Waals surface area contributed by atoms with Crippen molar-refractivity contribution < 1.29 is 4.79 Å². The number of ketones is 1. The summed E-state index contributed by atoms with van der Waals surface area (Å²) >= 11 is 1.56. The first-order valence-electron chi connectivity index (χ1n) is 2.82. The maximum Gasteiger partial charge on any atom is 0.146 e. The molecule has 0 unspecified atom stereocenters. The second-order valence-electron chi connectivity index (χ2n) is 2.11. The summed E-state index contributed by atoms with van der Waals surface area (Å²) in [7, 11) is 0. The Bertz CT molecular complexity index is 118. The molecule has 1 nitrogen and oxygen atoms in total. The molecule has 9 heavy (non-hydrogen) atoms. The Labute approximate surface area is 60.5 Å². The normalized spacial score (nSPS) is 9.11. The molecule has 0 aliphatic rings. The van der Waals surface area contributed by atoms with Gasteiger partial charge >= 0.3 is 0 Å². The summed E-state index contributed by atoms with van der Waals surface area (Å²) in [5, 5.41) is 0. The molecule has 0 amide bonds. The van der Waals surface area contributed by atoms with Crippen molar-refractivity contribution in [3.05, 3.63) is 12.2 Å². The number of thioether (sulfide) groups is 1. The molecule has 0 atom stereocenters. The lowest BCUT2D eigenvalue weighted by atomic mass is 10.2. The predicted octanol–water partition coefficient (Wildman–Crippen LogP) is 1.88. The first-order chi connectivity index (χ1) is 4.16. The van der Waals surface area contributed by atoms with Crippen molar-refractivity contribution in [3.63, 3.8) is 0 Å². The quantitative estimate of drug-likeness (QED) is 0.560. The van der Waals surface area contributed by atoms with E-state index in [4.69, 9.17) is 0 Å². The highest BCUT2D eigenvalue weighted by molar-refractivity contribution is 7.99. The maximum absolute atomic E-state index is 10.8. The smallest absolute Gasteiger partial charge is 0.146 e. The average molecular weight is 144 g/mol. The van der Waals surface area contributed by atoms with Crippen LogP contribution in [-0.4, -0.2) is 17.8 Å². The zero-order valence-corrected chi connectivity index (χ0v) is 6.75. The standard InChI is InChI=1S/C7H12OS/c1-6(2)4-7(8)5-9-3/h1,4-5H2,2-3H3. The second kappa shape index (κ2) is 4.62. The van der Waals surface area contributed by atoms with E-state index < -0.39 is 0 Å². The lowest BCUT2D eigenvalue weighted by molar-refractivity contribution is -0.115. The SMILES string of the molecule is C=C(C)CC(=O)CSC. The fourth-order valence-corrected chi connectivity index (χ4v) is 0.973. The molecule has 0 fully saturated rings. The van der Waals surface area contributed by atoms with Crippen LogP contribution in [0.15, 0.2) is 12.2 Å². The Morgan fingerprint density at radius 3 is 2.56 bits per heavy atom. The molecule has 0 aromatic rings. The lowest BCUT2D eigenvalue weighted by Crippen LogP contribution is -2.00. The van der Waals surface area contributed by atoms with Crippen LogP contribution in [0.3, 0.4) is 0 Å². The minimum atomic E-state index is 0.273. The molecule has 0 aromatic carbocycles. The van der Waals surface area contributed by atoms with Gasteiger partial charge in [-0.1, -0.05) is 12.2 Å². The van der Waals surface area contributed by atoms with Gasteiger partial charge in [0, 0.05) is 6.42 Å². The average Bonchev–Trinajstić information content (AvgIpc) is 1.63. The van der Waals surface area contributed by atoms with E-state index in [2.05, 4.69) is 6.58 Å². The summed E-state index contributed by atoms with van der Waals surface area (Å²) in [6.07, 6.45) is 2.47. The molecule has 0 saturated carbocycles. The zero-order valence-electron chi connectivity index (χ0n) is 5.94. The second-order valence-corrected chi connectivity index (χ2v) is 2.97. The molecule has 52 valence electrons. The van der Waals surface area contributed by atoms with E-state index in [1.165, 1.54) is 0 Å². The Morgan fingerprint density at radius 1 is 1.67 bits per heavy atom. The molecule has 0 N–H and O–H groups in total. The molecular formula is C7H12OS. The van der Waals surface area contributed by atoms with Crippen LogP contribution in [0.4, 0.5) is 0 Å². The minimum absolute atomic E-state index is 0.273. The van der Waals surface area contributed by atoms with Gasteiger partial charge in [0.25, 0.3) is 0 Å². The van der Waals surface area contributed by atoms with Crippen molar-refractivity contribution in [1.29, 1.82) is 0 Å². The van der Waals surface area contributed by atoms with Gasteiger partial charge in [-0.15, -0.1) is 0 Å². The van der Waals surface area contributed by atoms with Gasteiger partial charge < -0.3 is 0 Å². The third-order valence-corrected chi connectivity index (χ3v) is 1.41. The molecule has 0 aliphatic heterocycles. The van der Waals surface area contributed by atoms with Gasteiger partial charge in [0.05, 0.1) is 5.75 Å². The van der Waals surface area contributed by atoms with Crippen molar-refractivity contribution in [2.45, 2.75) is 13.3 Å². The summed E-state index contributed by atoms with van der Waals surface area (Å²) in [5.41, 5.74) is 0.953. The molecule has 0 bridgehead atoms. The van der Waals surface area contributed by atoms with Crippen LogP contribution in [0.1, 0.15) is 13.3 Å². The van der Waals surface area contributed by atoms with E-state index in [1.807, 2.05) is 13.2 Å². The molecule has 0 rings (SSSR count). The fraction of sp³-hybridized carbons (Fsp3) is 0.571. The van der Waals surface area contributed by atoms with Gasteiger partial charge in [0.1, 0.15) is 5.78 Å². The summed E-state index contributed by atoms with van der Waals surface area (Å²) in [6.45, 7) is 5.52. The molecule has 0 radical (unpaired) electrons. The number of rotatable bonds is 4. The summed E-state index contributed by atoms with van der Waals surface area (Å²) < 4.78 is 0. The van der Waals surface area contributed by atoms with E-state index in [-0.39, 0.29) is 5.78 Å². The number of hydrogen-bond donors (Lipinski definition) is 0. The predicted molar refractivity (Wildman–Crippen MR) is 42.8 cm³/mol. The Kier molecular flexibility index (Phi) is 4.50. The van der Waals surface area contributed by atoms with E-state index >= 15 is 0 Å². The van der Waals surface area contributed by atoms with Crippen LogP contribution in [0.5, 0.6) is 0 Å². The summed E-state index contributed by atoms with van der Waals surface area (Å²) in [4.78, 5) is 10.8. The number of hydrogen-bond acceptors (Lipinski definition) is 2. The van der Waals surface area contributed by atoms with E-state index in [9.17, 15) is 4.79 Å². The van der Waals surface area contributed by atoms with Gasteiger partial charge in [-0.2, -0.15) is 11.8 Å². The maximum atomic E-state index is 10.8. The van der Waals surface area contributed by atoms with E-state index in [0.717, 1.165) is 5.57 Å². The van der Waals surface area contributed by atoms with Crippen LogP contribution in [0.25, 0.3) is 0 Å². The highest BCUT2D eigenvalue weighted by atomic mass is 32.2. The number of Topliss-reactive ketones (excluding diaryl/α,β-unsaturated/α-hetero) is 1. The van der Waals surface area contributed by atoms with Crippen LogP contribution < -0.4 is 0 Å². The molecule has 0 aromatic heterocycles. The molecule has 0 aliphatic carbocycles. The Balaban J connectivity index is 3.39. The van der Waals surface area contributed by atoms with Gasteiger partial charge in [-0.3, -0.25) is 4.79 Å². The number of carbonyl (C=O) groups excluding carboxylic acids is 1. The van der Waals surface area contributed by atoms with Crippen molar-refractivity contribution in [2.75, 3.05) is 12.0 Å². The first-order valence-corrected chi connectivity index (χ1v) is 4.21. The van der Waals surface area contributed by atoms with Gasteiger partial charge in [-0.25, -0.2) is 0 Å². The van der Waals surface area contributed by atoms with Crippen molar-refractivity contribution in [2.24, 2.45) is 0 Å². The van der Waals surface area contributed by atoms with Crippen molar-refractivity contribution >= 4 is 17.5 Å². The lowest BCUT2D eigenvalue weighted by Gasteiger charge is -1.94. The van der Waals surface area contributed by atoms with Gasteiger partial charge in [-0.05, 0) is 13.2 Å². The van der Waals surface area contributed by atoms with Crippen LogP contribution in [0.2, 0.25) is 0 Å². The van der Waals surface area contributed by atoms with E-state index in [0.29, 0.717) is 12.2 Å². The Hall–Kier alpha value is -0.240. The third-order valence-electron chi connectivity index (χ3n) is 0.804. The Morgan fingerprint density at radius 2 is 2.22 bits per heavy atom. The van der Waals surface area contributed by atoms with Crippen LogP contribution >= 0.6 is 11.8 Å². The van der Waals surface area contributed by atoms with Crippen LogP contribution in [0, 0.1) is 0 Å². The molecule has 0 saturated heterocycles. The van der Waals surface area contributed by atoms with E-state index in [1.54, 1.807) is 11.8 Å². The topological polar surface area (TPSA) is 17.1 Å². The molecule has 0 spiro atoms. The summed E-state index contributed by atoms with van der Waals surface area (Å²) in [6, 6.07) is 0. The highest BCUT2D eigenvalue weighted by Gasteiger charge is 1.98. The minimum Gasteiger partial charge on any atom is -0.298 e. The number of carbonyl (C=O) groups is 1. The molecular weight excluding hydrogens is 132 g/mol. The first kappa shape index (κ1) is 8.76. The fourth-order valence-electron chi connectivity index (χ4n) is 0.549. The van der Waals surface area contributed by atoms with Crippen molar-refractivity contribution in [3.8, 4) is 0 Å². The largest absolute Gasteiger partial charge is 0.298 e. The monoisotopic (exact) mass is 144 g/mol.